The first-order valence-electron chi connectivity index (χ1n) is 4.57. The first-order chi connectivity index (χ1) is 6.77. The summed E-state index contributed by atoms with van der Waals surface area (Å²) in [5.41, 5.74) is 1.66. The van der Waals surface area contributed by atoms with Crippen LogP contribution in [-0.4, -0.2) is 12.9 Å². The fourth-order valence-electron chi connectivity index (χ4n) is 1.16. The smallest absolute Gasteiger partial charge is 0.150 e. The summed E-state index contributed by atoms with van der Waals surface area (Å²) in [6, 6.07) is 5.39. The van der Waals surface area contributed by atoms with Crippen LogP contribution < -0.4 is 4.74 Å². The highest BCUT2D eigenvalue weighted by molar-refractivity contribution is 5.75. The van der Waals surface area contributed by atoms with Crippen molar-refractivity contribution in [1.82, 2.24) is 0 Å². The molecule has 0 atom stereocenters. The quantitative estimate of drug-likeness (QED) is 0.405. The molecule has 1 rings (SSSR count). The van der Waals surface area contributed by atoms with Crippen molar-refractivity contribution in [1.29, 1.82) is 0 Å². The van der Waals surface area contributed by atoms with Gasteiger partial charge in [0.25, 0.3) is 0 Å². The lowest BCUT2D eigenvalue weighted by atomic mass is 10.1. The summed E-state index contributed by atoms with van der Waals surface area (Å²) in [7, 11) is 0. The maximum Gasteiger partial charge on any atom is 0.150 e. The molecule has 0 N–H and O–H groups in total. The minimum atomic E-state index is 0.630. The molecule has 0 bridgehead atoms. The molecular formula is C12H14O2. The minimum Gasteiger partial charge on any atom is -0.493 e. The second-order valence-electron chi connectivity index (χ2n) is 3.07. The highest BCUT2D eigenvalue weighted by Crippen LogP contribution is 2.18. The van der Waals surface area contributed by atoms with Gasteiger partial charge in [-0.15, -0.1) is 6.58 Å². The Labute approximate surface area is 84.2 Å². The van der Waals surface area contributed by atoms with Crippen molar-refractivity contribution in [3.05, 3.63) is 42.0 Å². The molecule has 0 aliphatic rings. The lowest BCUT2D eigenvalue weighted by Gasteiger charge is -2.07. The van der Waals surface area contributed by atoms with Crippen LogP contribution in [0.4, 0.5) is 0 Å². The zero-order chi connectivity index (χ0) is 10.4. The van der Waals surface area contributed by atoms with Gasteiger partial charge in [0.05, 0.1) is 6.61 Å². The summed E-state index contributed by atoms with van der Waals surface area (Å²) in [6.07, 6.45) is 3.48. The van der Waals surface area contributed by atoms with Crippen molar-refractivity contribution in [3.8, 4) is 5.75 Å². The van der Waals surface area contributed by atoms with Gasteiger partial charge in [0, 0.05) is 5.56 Å². The maximum atomic E-state index is 10.5. The Balaban J connectivity index is 2.68. The molecule has 0 saturated carbocycles. The van der Waals surface area contributed by atoms with E-state index in [1.807, 2.05) is 25.1 Å². The molecule has 2 nitrogen and oxygen atoms in total. The number of rotatable bonds is 5. The zero-order valence-electron chi connectivity index (χ0n) is 8.32. The predicted molar refractivity (Wildman–Crippen MR) is 56.9 cm³/mol. The first-order valence-corrected chi connectivity index (χ1v) is 4.57. The van der Waals surface area contributed by atoms with Gasteiger partial charge in [-0.1, -0.05) is 6.08 Å². The molecular weight excluding hydrogens is 176 g/mol. The Kier molecular flexibility index (Phi) is 3.92. The van der Waals surface area contributed by atoms with Crippen molar-refractivity contribution in [2.75, 3.05) is 6.61 Å². The van der Waals surface area contributed by atoms with Gasteiger partial charge < -0.3 is 4.74 Å². The van der Waals surface area contributed by atoms with Crippen LogP contribution in [0.2, 0.25) is 0 Å². The van der Waals surface area contributed by atoms with Gasteiger partial charge in [-0.05, 0) is 37.1 Å². The number of aldehydes is 1. The van der Waals surface area contributed by atoms with Crippen LogP contribution >= 0.6 is 0 Å². The fraction of sp³-hybridized carbons (Fsp3) is 0.250. The third-order valence-corrected chi connectivity index (χ3v) is 1.91. The number of carbonyl (C=O) groups is 1. The van der Waals surface area contributed by atoms with E-state index in [0.29, 0.717) is 12.2 Å². The Morgan fingerprint density at radius 3 is 2.86 bits per heavy atom. The van der Waals surface area contributed by atoms with Crippen LogP contribution in [0.25, 0.3) is 0 Å². The SMILES string of the molecule is C=CCCOc1ccc(C=O)cc1C. The fourth-order valence-corrected chi connectivity index (χ4v) is 1.16. The first kappa shape index (κ1) is 10.5. The molecule has 0 fully saturated rings. The molecule has 0 aliphatic carbocycles. The number of carbonyl (C=O) groups excluding carboxylic acids is 1. The van der Waals surface area contributed by atoms with Gasteiger partial charge in [0.2, 0.25) is 0 Å². The van der Waals surface area contributed by atoms with E-state index < -0.39 is 0 Å². The average molecular weight is 190 g/mol. The number of ether oxygens (including phenoxy) is 1. The number of aryl methyl sites for hydroxylation is 1. The second-order valence-corrected chi connectivity index (χ2v) is 3.07. The van der Waals surface area contributed by atoms with Crippen molar-refractivity contribution in [2.24, 2.45) is 0 Å². The molecule has 74 valence electrons. The predicted octanol–water partition coefficient (Wildman–Crippen LogP) is 2.76. The molecule has 2 heteroatoms. The van der Waals surface area contributed by atoms with Crippen LogP contribution in [0, 0.1) is 6.92 Å². The topological polar surface area (TPSA) is 26.3 Å². The van der Waals surface area contributed by atoms with E-state index in [-0.39, 0.29) is 0 Å². The van der Waals surface area contributed by atoms with E-state index in [0.717, 1.165) is 24.0 Å². The molecule has 1 aromatic rings. The van der Waals surface area contributed by atoms with Crippen LogP contribution in [0.15, 0.2) is 30.9 Å². The van der Waals surface area contributed by atoms with Gasteiger partial charge in [-0.2, -0.15) is 0 Å². The normalized spacial score (nSPS) is 9.50. The molecule has 14 heavy (non-hydrogen) atoms. The van der Waals surface area contributed by atoms with Crippen molar-refractivity contribution < 1.29 is 9.53 Å². The van der Waals surface area contributed by atoms with Crippen LogP contribution in [-0.2, 0) is 0 Å². The maximum absolute atomic E-state index is 10.5. The Morgan fingerprint density at radius 2 is 2.29 bits per heavy atom. The van der Waals surface area contributed by atoms with E-state index in [1.54, 1.807) is 6.07 Å². The molecule has 0 radical (unpaired) electrons. The van der Waals surface area contributed by atoms with E-state index in [9.17, 15) is 4.79 Å². The summed E-state index contributed by atoms with van der Waals surface area (Å²) < 4.78 is 5.49. The number of hydrogen-bond donors (Lipinski definition) is 0. The lowest BCUT2D eigenvalue weighted by molar-refractivity contribution is 0.112. The average Bonchev–Trinajstić information content (AvgIpc) is 2.20. The van der Waals surface area contributed by atoms with Crippen molar-refractivity contribution >= 4 is 6.29 Å². The van der Waals surface area contributed by atoms with E-state index in [2.05, 4.69) is 6.58 Å². The summed E-state index contributed by atoms with van der Waals surface area (Å²) in [4.78, 5) is 10.5. The summed E-state index contributed by atoms with van der Waals surface area (Å²) in [5, 5.41) is 0. The van der Waals surface area contributed by atoms with Gasteiger partial charge in [0.15, 0.2) is 0 Å². The largest absolute Gasteiger partial charge is 0.493 e. The minimum absolute atomic E-state index is 0.630. The monoisotopic (exact) mass is 190 g/mol. The molecule has 0 saturated heterocycles. The van der Waals surface area contributed by atoms with Crippen molar-refractivity contribution in [3.63, 3.8) is 0 Å². The van der Waals surface area contributed by atoms with Crippen LogP contribution in [0.3, 0.4) is 0 Å². The Hall–Kier alpha value is -1.57. The van der Waals surface area contributed by atoms with Gasteiger partial charge in [0.1, 0.15) is 12.0 Å². The Morgan fingerprint density at radius 1 is 1.50 bits per heavy atom. The number of hydrogen-bond acceptors (Lipinski definition) is 2. The molecule has 0 heterocycles. The summed E-state index contributed by atoms with van der Waals surface area (Å²) in [6.45, 7) is 6.17. The standard InChI is InChI=1S/C12H14O2/c1-3-4-7-14-12-6-5-11(9-13)8-10(12)2/h3,5-6,8-9H,1,4,7H2,2H3. The van der Waals surface area contributed by atoms with Gasteiger partial charge in [-0.3, -0.25) is 4.79 Å². The molecule has 0 spiro atoms. The zero-order valence-corrected chi connectivity index (χ0v) is 8.32. The molecule has 1 aromatic carbocycles. The Bertz CT molecular complexity index is 329. The summed E-state index contributed by atoms with van der Waals surface area (Å²) >= 11 is 0. The van der Waals surface area contributed by atoms with Crippen LogP contribution in [0.1, 0.15) is 22.3 Å². The second kappa shape index (κ2) is 5.22. The lowest BCUT2D eigenvalue weighted by Crippen LogP contribution is -1.97. The molecule has 0 aliphatic heterocycles. The van der Waals surface area contributed by atoms with E-state index >= 15 is 0 Å². The van der Waals surface area contributed by atoms with E-state index in [1.165, 1.54) is 0 Å². The van der Waals surface area contributed by atoms with Crippen LogP contribution in [0.5, 0.6) is 5.75 Å². The van der Waals surface area contributed by atoms with Gasteiger partial charge >= 0.3 is 0 Å². The molecule has 0 aromatic heterocycles. The van der Waals surface area contributed by atoms with E-state index in [4.69, 9.17) is 4.74 Å². The number of benzene rings is 1. The summed E-state index contributed by atoms with van der Waals surface area (Å²) in [5.74, 6) is 0.831. The molecule has 0 unspecified atom stereocenters. The highest BCUT2D eigenvalue weighted by Gasteiger charge is 1.99. The third-order valence-electron chi connectivity index (χ3n) is 1.91. The van der Waals surface area contributed by atoms with Crippen molar-refractivity contribution in [2.45, 2.75) is 13.3 Å². The third kappa shape index (κ3) is 2.73. The van der Waals surface area contributed by atoms with Gasteiger partial charge in [-0.25, -0.2) is 0 Å². The highest BCUT2D eigenvalue weighted by atomic mass is 16.5. The molecule has 0 amide bonds.